The predicted octanol–water partition coefficient (Wildman–Crippen LogP) is 4.48. The second-order valence-electron chi connectivity index (χ2n) is 7.89. The zero-order chi connectivity index (χ0) is 19.4. The van der Waals surface area contributed by atoms with Gasteiger partial charge >= 0.3 is 0 Å². The lowest BCUT2D eigenvalue weighted by atomic mass is 9.74. The van der Waals surface area contributed by atoms with E-state index in [-0.39, 0.29) is 11.1 Å². The molecule has 1 aromatic carbocycles. The summed E-state index contributed by atoms with van der Waals surface area (Å²) in [6.07, 6.45) is 1.28. The molecule has 0 fully saturated rings. The van der Waals surface area contributed by atoms with E-state index >= 15 is 0 Å². The summed E-state index contributed by atoms with van der Waals surface area (Å²) >= 11 is 0. The molecule has 0 aliphatic heterocycles. The van der Waals surface area contributed by atoms with Gasteiger partial charge in [-0.1, -0.05) is 27.0 Å². The van der Waals surface area contributed by atoms with E-state index in [9.17, 15) is 8.78 Å². The molecule has 1 aliphatic rings. The molecule has 0 radical (unpaired) electrons. The van der Waals surface area contributed by atoms with Gasteiger partial charge in [0.1, 0.15) is 5.69 Å². The highest BCUT2D eigenvalue weighted by Crippen LogP contribution is 2.46. The van der Waals surface area contributed by atoms with Gasteiger partial charge in [0.15, 0.2) is 0 Å². The molecule has 0 amide bonds. The molecule has 0 unspecified atom stereocenters. The van der Waals surface area contributed by atoms with E-state index in [0.29, 0.717) is 46.6 Å². The average molecular weight is 358 g/mol. The van der Waals surface area contributed by atoms with E-state index in [1.807, 2.05) is 0 Å². The molecule has 4 N–H and O–H groups in total. The number of halogens is 2. The summed E-state index contributed by atoms with van der Waals surface area (Å²) in [5.74, 6) is -3.06. The quantitative estimate of drug-likeness (QED) is 0.795. The number of nitrogens with two attached hydrogens (primary N) is 2. The van der Waals surface area contributed by atoms with Crippen molar-refractivity contribution in [3.63, 3.8) is 0 Å². The first-order valence-electron chi connectivity index (χ1n) is 8.44. The van der Waals surface area contributed by atoms with Crippen molar-refractivity contribution in [3.8, 4) is 5.69 Å². The van der Waals surface area contributed by atoms with Crippen molar-refractivity contribution in [1.82, 2.24) is 9.78 Å². The molecule has 0 spiro atoms. The normalized spacial score (nSPS) is 16.4. The Morgan fingerprint density at radius 1 is 1.31 bits per heavy atom. The second-order valence-corrected chi connectivity index (χ2v) is 7.89. The van der Waals surface area contributed by atoms with Crippen molar-refractivity contribution in [2.75, 3.05) is 5.73 Å². The van der Waals surface area contributed by atoms with Crippen LogP contribution < -0.4 is 11.5 Å². The van der Waals surface area contributed by atoms with Crippen LogP contribution in [-0.2, 0) is 12.3 Å². The number of fused-ring (bicyclic) bond motifs is 1. The number of hydrogen-bond acceptors (Lipinski definition) is 3. The van der Waals surface area contributed by atoms with Crippen LogP contribution in [0.15, 0.2) is 31.4 Å². The maximum Gasteiger partial charge on any atom is 0.289 e. The van der Waals surface area contributed by atoms with Crippen LogP contribution in [-0.4, -0.2) is 9.78 Å². The van der Waals surface area contributed by atoms with Crippen LogP contribution in [0.3, 0.4) is 0 Å². The molecule has 0 atom stereocenters. The zero-order valence-corrected chi connectivity index (χ0v) is 15.4. The highest BCUT2D eigenvalue weighted by Gasteiger charge is 2.40. The van der Waals surface area contributed by atoms with E-state index in [1.165, 1.54) is 0 Å². The van der Waals surface area contributed by atoms with Gasteiger partial charge in [-0.05, 0) is 42.0 Å². The highest BCUT2D eigenvalue weighted by atomic mass is 19.3. The van der Waals surface area contributed by atoms with Gasteiger partial charge in [0.2, 0.25) is 0 Å². The fourth-order valence-corrected chi connectivity index (χ4v) is 3.66. The lowest BCUT2D eigenvalue weighted by molar-refractivity contribution is 0.0120. The number of hydrogen-bond donors (Lipinski definition) is 2. The molecule has 1 aromatic heterocycles. The summed E-state index contributed by atoms with van der Waals surface area (Å²) < 4.78 is 30.0. The Hall–Kier alpha value is -2.63. The fourth-order valence-electron chi connectivity index (χ4n) is 3.66. The number of nitrogen functional groups attached to an aromatic ring is 1. The third-order valence-electron chi connectivity index (χ3n) is 4.71. The van der Waals surface area contributed by atoms with Crippen molar-refractivity contribution in [2.24, 2.45) is 11.1 Å². The Morgan fingerprint density at radius 2 is 1.96 bits per heavy atom. The van der Waals surface area contributed by atoms with Gasteiger partial charge in [-0.3, -0.25) is 0 Å². The third kappa shape index (κ3) is 3.00. The molecule has 3 rings (SSSR count). The summed E-state index contributed by atoms with van der Waals surface area (Å²) in [7, 11) is 0. The number of rotatable bonds is 3. The largest absolute Gasteiger partial charge is 0.399 e. The molecule has 26 heavy (non-hydrogen) atoms. The Morgan fingerprint density at radius 3 is 2.50 bits per heavy atom. The minimum Gasteiger partial charge on any atom is -0.399 e. The lowest BCUT2D eigenvalue weighted by Gasteiger charge is -2.32. The molecular weight excluding hydrogens is 334 g/mol. The maximum atomic E-state index is 14.2. The van der Waals surface area contributed by atoms with Crippen molar-refractivity contribution in [2.45, 2.75) is 39.5 Å². The van der Waals surface area contributed by atoms with Crippen molar-refractivity contribution < 1.29 is 8.78 Å². The van der Waals surface area contributed by atoms with Crippen LogP contribution in [0.5, 0.6) is 0 Å². The summed E-state index contributed by atoms with van der Waals surface area (Å²) in [5, 5.41) is 4.26. The molecular formula is C20H24F2N4. The van der Waals surface area contributed by atoms with Gasteiger partial charge in [-0.2, -0.15) is 13.9 Å². The van der Waals surface area contributed by atoms with Crippen LogP contribution in [0, 0.1) is 5.41 Å². The average Bonchev–Trinajstić information content (AvgIpc) is 2.84. The minimum absolute atomic E-state index is 0.0841. The standard InChI is InChI=1S/C20H24F2N4/c1-11-9-19(3,4)10-16-17(11)18(20(5,21)22)25-26(16)13-6-7-14(12(2)23)15(24)8-13/h6-8H,1-2,9-10,23-24H2,3-5H3. The van der Waals surface area contributed by atoms with E-state index in [1.54, 1.807) is 22.9 Å². The van der Waals surface area contributed by atoms with Crippen LogP contribution in [0.2, 0.25) is 0 Å². The Bertz CT molecular complexity index is 917. The van der Waals surface area contributed by atoms with Crippen LogP contribution >= 0.6 is 0 Å². The maximum absolute atomic E-state index is 14.2. The SMILES string of the molecule is C=C(N)c1ccc(-n2nc(C(C)(F)F)c3c2CC(C)(C)CC3=C)cc1N. The Kier molecular flexibility index (Phi) is 3.98. The molecule has 6 heteroatoms. The van der Waals surface area contributed by atoms with Gasteiger partial charge in [0.25, 0.3) is 5.92 Å². The van der Waals surface area contributed by atoms with E-state index < -0.39 is 5.92 Å². The smallest absolute Gasteiger partial charge is 0.289 e. The first kappa shape index (κ1) is 18.2. The summed E-state index contributed by atoms with van der Waals surface area (Å²) in [6.45, 7) is 12.8. The molecule has 0 saturated heterocycles. The number of allylic oxidation sites excluding steroid dienone is 1. The lowest BCUT2D eigenvalue weighted by Crippen LogP contribution is -2.23. The topological polar surface area (TPSA) is 69.9 Å². The number of aromatic nitrogens is 2. The van der Waals surface area contributed by atoms with E-state index in [4.69, 9.17) is 11.5 Å². The highest BCUT2D eigenvalue weighted by molar-refractivity contribution is 5.74. The third-order valence-corrected chi connectivity index (χ3v) is 4.71. The van der Waals surface area contributed by atoms with Gasteiger partial charge < -0.3 is 11.5 Å². The van der Waals surface area contributed by atoms with Gasteiger partial charge in [0.05, 0.1) is 11.4 Å². The summed E-state index contributed by atoms with van der Waals surface area (Å²) in [5.41, 5.74) is 15.4. The fraction of sp³-hybridized carbons (Fsp3) is 0.350. The molecule has 1 aliphatic carbocycles. The van der Waals surface area contributed by atoms with Crippen molar-refractivity contribution in [3.05, 3.63) is 53.9 Å². The van der Waals surface area contributed by atoms with E-state index in [2.05, 4.69) is 32.1 Å². The molecule has 2 aromatic rings. The molecule has 138 valence electrons. The van der Waals surface area contributed by atoms with Crippen LogP contribution in [0.1, 0.15) is 49.7 Å². The predicted molar refractivity (Wildman–Crippen MR) is 102 cm³/mol. The Labute approximate surface area is 152 Å². The van der Waals surface area contributed by atoms with Crippen molar-refractivity contribution >= 4 is 17.0 Å². The molecule has 4 nitrogen and oxygen atoms in total. The van der Waals surface area contributed by atoms with Gasteiger partial charge in [-0.15, -0.1) is 0 Å². The number of anilines is 1. The molecule has 1 heterocycles. The monoisotopic (exact) mass is 358 g/mol. The number of alkyl halides is 2. The molecule has 0 bridgehead atoms. The first-order chi connectivity index (χ1) is 11.9. The minimum atomic E-state index is -3.06. The van der Waals surface area contributed by atoms with Crippen LogP contribution in [0.25, 0.3) is 17.0 Å². The van der Waals surface area contributed by atoms with Gasteiger partial charge in [0, 0.05) is 29.4 Å². The summed E-state index contributed by atoms with van der Waals surface area (Å²) in [4.78, 5) is 0. The van der Waals surface area contributed by atoms with Gasteiger partial charge in [-0.25, -0.2) is 4.68 Å². The zero-order valence-electron chi connectivity index (χ0n) is 15.4. The molecule has 0 saturated carbocycles. The summed E-state index contributed by atoms with van der Waals surface area (Å²) in [6, 6.07) is 5.18. The van der Waals surface area contributed by atoms with E-state index in [0.717, 1.165) is 12.6 Å². The number of benzene rings is 1. The Balaban J connectivity index is 2.25. The van der Waals surface area contributed by atoms with Crippen molar-refractivity contribution in [1.29, 1.82) is 0 Å². The second kappa shape index (κ2) is 5.69. The van der Waals surface area contributed by atoms with Crippen LogP contribution in [0.4, 0.5) is 14.5 Å². The number of nitrogens with zero attached hydrogens (tertiary/aromatic N) is 2. The first-order valence-corrected chi connectivity index (χ1v) is 8.44.